The monoisotopic (exact) mass is 309 g/mol. The molecule has 3 rings (SSSR count). The Labute approximate surface area is 133 Å². The number of carbonyl (C=O) groups is 2. The van der Waals surface area contributed by atoms with E-state index < -0.39 is 0 Å². The van der Waals surface area contributed by atoms with E-state index in [4.69, 9.17) is 0 Å². The number of benzene rings is 2. The minimum atomic E-state index is -0.327. The molecule has 5 heteroatoms. The first kappa shape index (κ1) is 14.8. The zero-order chi connectivity index (χ0) is 16.4. The molecule has 23 heavy (non-hydrogen) atoms. The molecule has 1 saturated heterocycles. The Morgan fingerprint density at radius 3 is 2.43 bits per heavy atom. The molecule has 0 spiro atoms. The van der Waals surface area contributed by atoms with Crippen LogP contribution < -0.4 is 0 Å². The summed E-state index contributed by atoms with van der Waals surface area (Å²) < 4.78 is 0. The van der Waals surface area contributed by atoms with Crippen molar-refractivity contribution in [2.75, 3.05) is 0 Å². The molecular weight excluding hydrogens is 294 g/mol. The molecule has 5 nitrogen and oxygen atoms in total. The van der Waals surface area contributed by atoms with E-state index >= 15 is 0 Å². The molecule has 2 amide bonds. The van der Waals surface area contributed by atoms with Crippen molar-refractivity contribution in [2.24, 2.45) is 0 Å². The summed E-state index contributed by atoms with van der Waals surface area (Å²) in [6.45, 7) is 0.247. The second-order valence-electron chi connectivity index (χ2n) is 5.37. The third-order valence-electron chi connectivity index (χ3n) is 3.69. The number of carbonyl (C=O) groups excluding carboxylic acids is 2. The largest absolute Gasteiger partial charge is 0.504 e. The van der Waals surface area contributed by atoms with Gasteiger partial charge in [-0.15, -0.1) is 0 Å². The molecule has 0 unspecified atom stereocenters. The predicted molar refractivity (Wildman–Crippen MR) is 84.4 cm³/mol. The molecule has 2 aromatic carbocycles. The van der Waals surface area contributed by atoms with Crippen molar-refractivity contribution in [3.63, 3.8) is 0 Å². The maximum absolute atomic E-state index is 12.4. The molecule has 2 aromatic rings. The van der Waals surface area contributed by atoms with Gasteiger partial charge in [0.1, 0.15) is 0 Å². The molecule has 1 fully saturated rings. The summed E-state index contributed by atoms with van der Waals surface area (Å²) in [4.78, 5) is 25.7. The highest BCUT2D eigenvalue weighted by Crippen LogP contribution is 2.28. The number of rotatable bonds is 3. The number of phenols is 2. The number of nitrogens with zero attached hydrogens (tertiary/aromatic N) is 1. The molecule has 0 saturated carbocycles. The summed E-state index contributed by atoms with van der Waals surface area (Å²) in [5.41, 5.74) is 1.81. The molecule has 116 valence electrons. The Morgan fingerprint density at radius 1 is 1.00 bits per heavy atom. The van der Waals surface area contributed by atoms with Crippen LogP contribution in [0.4, 0.5) is 0 Å². The van der Waals surface area contributed by atoms with E-state index in [9.17, 15) is 19.8 Å². The zero-order valence-corrected chi connectivity index (χ0v) is 12.3. The van der Waals surface area contributed by atoms with Crippen LogP contribution in [0.1, 0.15) is 17.5 Å². The maximum Gasteiger partial charge on any atom is 0.257 e. The van der Waals surface area contributed by atoms with Crippen molar-refractivity contribution in [3.8, 4) is 11.5 Å². The molecule has 0 radical (unpaired) electrons. The molecule has 0 aliphatic carbocycles. The van der Waals surface area contributed by atoms with Crippen molar-refractivity contribution < 1.29 is 19.8 Å². The van der Waals surface area contributed by atoms with Gasteiger partial charge >= 0.3 is 0 Å². The Kier molecular flexibility index (Phi) is 3.85. The Bertz CT molecular complexity index is 796. The highest BCUT2D eigenvalue weighted by molar-refractivity contribution is 6.15. The van der Waals surface area contributed by atoms with Crippen LogP contribution in [0.15, 0.2) is 54.1 Å². The number of aromatic hydroxyl groups is 2. The number of hydrogen-bond donors (Lipinski definition) is 2. The van der Waals surface area contributed by atoms with Crippen LogP contribution in [0.5, 0.6) is 11.5 Å². The van der Waals surface area contributed by atoms with E-state index in [1.54, 1.807) is 12.1 Å². The number of likely N-dealkylation sites (tertiary alicyclic amines) is 1. The summed E-state index contributed by atoms with van der Waals surface area (Å²) in [5, 5.41) is 18.8. The van der Waals surface area contributed by atoms with Crippen LogP contribution in [0.3, 0.4) is 0 Å². The molecule has 0 aromatic heterocycles. The molecule has 0 atom stereocenters. The van der Waals surface area contributed by atoms with E-state index in [1.807, 2.05) is 30.3 Å². The van der Waals surface area contributed by atoms with Crippen molar-refractivity contribution in [1.82, 2.24) is 4.90 Å². The van der Waals surface area contributed by atoms with Crippen LogP contribution in [0.25, 0.3) is 6.08 Å². The second kappa shape index (κ2) is 5.96. The SMILES string of the molecule is O=C1CC(=Cc2ccc(O)c(O)c2)C(=O)N1Cc1ccccc1. The van der Waals surface area contributed by atoms with Gasteiger partial charge in [0, 0.05) is 5.57 Å². The van der Waals surface area contributed by atoms with Crippen LogP contribution in [0, 0.1) is 0 Å². The molecule has 1 heterocycles. The first-order chi connectivity index (χ1) is 11.0. The van der Waals surface area contributed by atoms with Gasteiger partial charge in [0.15, 0.2) is 11.5 Å². The van der Waals surface area contributed by atoms with E-state index in [2.05, 4.69) is 0 Å². The van der Waals surface area contributed by atoms with Gasteiger partial charge in [0.05, 0.1) is 13.0 Å². The summed E-state index contributed by atoms with van der Waals surface area (Å²) in [6.07, 6.45) is 1.59. The third kappa shape index (κ3) is 3.08. The van der Waals surface area contributed by atoms with E-state index in [0.717, 1.165) is 5.56 Å². The van der Waals surface area contributed by atoms with E-state index in [-0.39, 0.29) is 36.3 Å². The first-order valence-electron chi connectivity index (χ1n) is 7.16. The molecule has 0 bridgehead atoms. The van der Waals surface area contributed by atoms with Gasteiger partial charge in [-0.05, 0) is 29.3 Å². The normalized spacial score (nSPS) is 16.3. The lowest BCUT2D eigenvalue weighted by atomic mass is 10.1. The molecular formula is C18H15NO4. The Balaban J connectivity index is 1.83. The van der Waals surface area contributed by atoms with Gasteiger partial charge in [-0.2, -0.15) is 0 Å². The number of imide groups is 1. The van der Waals surface area contributed by atoms with Gasteiger partial charge in [-0.3, -0.25) is 14.5 Å². The Hall–Kier alpha value is -3.08. The minimum Gasteiger partial charge on any atom is -0.504 e. The van der Waals surface area contributed by atoms with Gasteiger partial charge in [-0.25, -0.2) is 0 Å². The zero-order valence-electron chi connectivity index (χ0n) is 12.3. The quantitative estimate of drug-likeness (QED) is 0.518. The van der Waals surface area contributed by atoms with E-state index in [0.29, 0.717) is 11.1 Å². The minimum absolute atomic E-state index is 0.0350. The summed E-state index contributed by atoms with van der Waals surface area (Å²) >= 11 is 0. The molecule has 1 aliphatic rings. The maximum atomic E-state index is 12.4. The third-order valence-corrected chi connectivity index (χ3v) is 3.69. The first-order valence-corrected chi connectivity index (χ1v) is 7.16. The molecule has 2 N–H and O–H groups in total. The average Bonchev–Trinajstić information content (AvgIpc) is 2.80. The van der Waals surface area contributed by atoms with Gasteiger partial charge < -0.3 is 10.2 Å². The predicted octanol–water partition coefficient (Wildman–Crippen LogP) is 2.44. The summed E-state index contributed by atoms with van der Waals surface area (Å²) in [6, 6.07) is 13.6. The van der Waals surface area contributed by atoms with Gasteiger partial charge in [-0.1, -0.05) is 36.4 Å². The van der Waals surface area contributed by atoms with Crippen LogP contribution in [-0.4, -0.2) is 26.9 Å². The fraction of sp³-hybridized carbons (Fsp3) is 0.111. The van der Waals surface area contributed by atoms with Crippen molar-refractivity contribution in [2.45, 2.75) is 13.0 Å². The number of phenolic OH excluding ortho intramolecular Hbond substituents is 2. The fourth-order valence-electron chi connectivity index (χ4n) is 2.49. The summed E-state index contributed by atoms with van der Waals surface area (Å²) in [5.74, 6) is -1.07. The van der Waals surface area contributed by atoms with Gasteiger partial charge in [0.2, 0.25) is 5.91 Å². The Morgan fingerprint density at radius 2 is 1.74 bits per heavy atom. The van der Waals surface area contributed by atoms with E-state index in [1.165, 1.54) is 17.0 Å². The highest BCUT2D eigenvalue weighted by Gasteiger charge is 2.33. The fourth-order valence-corrected chi connectivity index (χ4v) is 2.49. The topological polar surface area (TPSA) is 77.8 Å². The van der Waals surface area contributed by atoms with Crippen molar-refractivity contribution in [1.29, 1.82) is 0 Å². The average molecular weight is 309 g/mol. The molecule has 1 aliphatic heterocycles. The lowest BCUT2D eigenvalue weighted by Gasteiger charge is -2.13. The number of hydrogen-bond acceptors (Lipinski definition) is 4. The van der Waals surface area contributed by atoms with Crippen LogP contribution in [0.2, 0.25) is 0 Å². The van der Waals surface area contributed by atoms with Gasteiger partial charge in [0.25, 0.3) is 5.91 Å². The van der Waals surface area contributed by atoms with Crippen molar-refractivity contribution >= 4 is 17.9 Å². The number of amides is 2. The van der Waals surface area contributed by atoms with Crippen LogP contribution >= 0.6 is 0 Å². The smallest absolute Gasteiger partial charge is 0.257 e. The highest BCUT2D eigenvalue weighted by atomic mass is 16.3. The second-order valence-corrected chi connectivity index (χ2v) is 5.37. The lowest BCUT2D eigenvalue weighted by Crippen LogP contribution is -2.28. The summed E-state index contributed by atoms with van der Waals surface area (Å²) in [7, 11) is 0. The van der Waals surface area contributed by atoms with Crippen molar-refractivity contribution in [3.05, 3.63) is 65.2 Å². The lowest BCUT2D eigenvalue weighted by molar-refractivity contribution is -0.138. The standard InChI is InChI=1S/C18H15NO4/c20-15-7-6-13(9-16(15)21)8-14-10-17(22)19(18(14)23)11-12-4-2-1-3-5-12/h1-9,20-21H,10-11H2. The van der Waals surface area contributed by atoms with Crippen LogP contribution in [-0.2, 0) is 16.1 Å².